The van der Waals surface area contributed by atoms with Gasteiger partial charge in [0.05, 0.1) is 0 Å². The average molecular weight is 227 g/mol. The zero-order valence-corrected chi connectivity index (χ0v) is 10.3. The summed E-state index contributed by atoms with van der Waals surface area (Å²) in [6, 6.07) is 0.490. The highest BCUT2D eigenvalue weighted by Crippen LogP contribution is 2.01. The first-order valence-electron chi connectivity index (χ1n) is 5.76. The van der Waals surface area contributed by atoms with Gasteiger partial charge in [-0.15, -0.1) is 0 Å². The van der Waals surface area contributed by atoms with E-state index < -0.39 is 0 Å². The van der Waals surface area contributed by atoms with Crippen molar-refractivity contribution in [1.29, 1.82) is 0 Å². The van der Waals surface area contributed by atoms with Crippen molar-refractivity contribution in [1.82, 2.24) is 15.5 Å². The number of rotatable bonds is 8. The number of nitrogens with zero attached hydrogens (tertiary/aromatic N) is 2. The zero-order chi connectivity index (χ0) is 11.8. The number of nitrogens with one attached hydrogen (secondary N) is 1. The molecule has 92 valence electrons. The number of aryl methyl sites for hydroxylation is 1. The molecule has 16 heavy (non-hydrogen) atoms. The molecule has 5 nitrogen and oxygen atoms in total. The second-order valence-electron chi connectivity index (χ2n) is 4.06. The molecule has 0 atom stereocenters. The minimum absolute atomic E-state index is 0.490. The Morgan fingerprint density at radius 3 is 2.88 bits per heavy atom. The van der Waals surface area contributed by atoms with Crippen LogP contribution in [0.25, 0.3) is 0 Å². The molecule has 0 radical (unpaired) electrons. The molecule has 0 aromatic carbocycles. The van der Waals surface area contributed by atoms with E-state index in [9.17, 15) is 0 Å². The maximum absolute atomic E-state index is 5.14. The zero-order valence-electron chi connectivity index (χ0n) is 10.3. The minimum Gasteiger partial charge on any atom is -0.385 e. The number of hydrogen-bond acceptors (Lipinski definition) is 5. The summed E-state index contributed by atoms with van der Waals surface area (Å²) in [5, 5.41) is 7.22. The van der Waals surface area contributed by atoms with E-state index in [1.807, 2.05) is 0 Å². The fourth-order valence-electron chi connectivity index (χ4n) is 1.34. The molecular weight excluding hydrogens is 206 g/mol. The van der Waals surface area contributed by atoms with Gasteiger partial charge in [-0.1, -0.05) is 19.0 Å². The molecule has 1 heterocycles. The predicted octanol–water partition coefficient (Wildman–Crippen LogP) is 1.19. The number of hydrogen-bond donors (Lipinski definition) is 1. The topological polar surface area (TPSA) is 60.2 Å². The van der Waals surface area contributed by atoms with E-state index in [1.165, 1.54) is 0 Å². The lowest BCUT2D eigenvalue weighted by atomic mass is 10.3. The number of ether oxygens (including phenoxy) is 1. The molecule has 0 unspecified atom stereocenters. The Kier molecular flexibility index (Phi) is 6.03. The molecule has 0 amide bonds. The van der Waals surface area contributed by atoms with Crippen LogP contribution in [-0.4, -0.2) is 36.4 Å². The van der Waals surface area contributed by atoms with Crippen molar-refractivity contribution >= 4 is 0 Å². The van der Waals surface area contributed by atoms with Crippen LogP contribution in [0.4, 0.5) is 0 Å². The quantitative estimate of drug-likeness (QED) is 0.676. The molecule has 0 fully saturated rings. The third-order valence-electron chi connectivity index (χ3n) is 2.15. The van der Waals surface area contributed by atoms with Crippen LogP contribution in [0.3, 0.4) is 0 Å². The van der Waals surface area contributed by atoms with E-state index in [0.29, 0.717) is 11.9 Å². The van der Waals surface area contributed by atoms with Crippen molar-refractivity contribution in [3.63, 3.8) is 0 Å². The van der Waals surface area contributed by atoms with Gasteiger partial charge in [-0.3, -0.25) is 0 Å². The van der Waals surface area contributed by atoms with Crippen LogP contribution in [0.2, 0.25) is 0 Å². The standard InChI is InChI=1S/C11H21N3O2/c1-9(2)12-7-6-11-13-10(14-16-11)5-4-8-15-3/h9,12H,4-8H2,1-3H3. The summed E-state index contributed by atoms with van der Waals surface area (Å²) in [5.41, 5.74) is 0. The molecule has 0 aliphatic rings. The highest BCUT2D eigenvalue weighted by Gasteiger charge is 2.05. The molecule has 1 aromatic rings. The van der Waals surface area contributed by atoms with Crippen LogP contribution in [0.15, 0.2) is 4.52 Å². The van der Waals surface area contributed by atoms with Crippen molar-refractivity contribution in [2.45, 2.75) is 39.2 Å². The maximum atomic E-state index is 5.14. The Bertz CT molecular complexity index is 287. The lowest BCUT2D eigenvalue weighted by Gasteiger charge is -2.04. The minimum atomic E-state index is 0.490. The predicted molar refractivity (Wildman–Crippen MR) is 61.3 cm³/mol. The van der Waals surface area contributed by atoms with E-state index >= 15 is 0 Å². The van der Waals surface area contributed by atoms with E-state index in [1.54, 1.807) is 7.11 Å². The van der Waals surface area contributed by atoms with Gasteiger partial charge in [-0.25, -0.2) is 0 Å². The first-order chi connectivity index (χ1) is 7.72. The Hall–Kier alpha value is -0.940. The van der Waals surface area contributed by atoms with Gasteiger partial charge >= 0.3 is 0 Å². The van der Waals surface area contributed by atoms with Crippen molar-refractivity contribution in [3.8, 4) is 0 Å². The second-order valence-corrected chi connectivity index (χ2v) is 4.06. The highest BCUT2D eigenvalue weighted by atomic mass is 16.5. The van der Waals surface area contributed by atoms with Gasteiger partial charge in [0.2, 0.25) is 5.89 Å². The van der Waals surface area contributed by atoms with Crippen LogP contribution in [0, 0.1) is 0 Å². The fraction of sp³-hybridized carbons (Fsp3) is 0.818. The average Bonchev–Trinajstić information content (AvgIpc) is 2.66. The van der Waals surface area contributed by atoms with Crippen LogP contribution in [-0.2, 0) is 17.6 Å². The first kappa shape index (κ1) is 13.1. The first-order valence-corrected chi connectivity index (χ1v) is 5.76. The van der Waals surface area contributed by atoms with Crippen LogP contribution < -0.4 is 5.32 Å². The molecule has 0 saturated carbocycles. The highest BCUT2D eigenvalue weighted by molar-refractivity contribution is 4.87. The molecule has 1 aromatic heterocycles. The smallest absolute Gasteiger partial charge is 0.227 e. The molecule has 1 rings (SSSR count). The van der Waals surface area contributed by atoms with Gasteiger partial charge in [0.25, 0.3) is 0 Å². The van der Waals surface area contributed by atoms with Crippen molar-refractivity contribution in [2.24, 2.45) is 0 Å². The van der Waals surface area contributed by atoms with Crippen LogP contribution in [0.1, 0.15) is 32.0 Å². The van der Waals surface area contributed by atoms with Crippen molar-refractivity contribution in [3.05, 3.63) is 11.7 Å². The van der Waals surface area contributed by atoms with Gasteiger partial charge in [0, 0.05) is 39.1 Å². The third kappa shape index (κ3) is 5.23. The van der Waals surface area contributed by atoms with Gasteiger partial charge in [0.15, 0.2) is 5.82 Å². The SMILES string of the molecule is COCCCc1noc(CCNC(C)C)n1. The van der Waals surface area contributed by atoms with E-state index in [2.05, 4.69) is 29.3 Å². The van der Waals surface area contributed by atoms with Crippen LogP contribution >= 0.6 is 0 Å². The second kappa shape index (κ2) is 7.35. The monoisotopic (exact) mass is 227 g/mol. The molecular formula is C11H21N3O2. The van der Waals surface area contributed by atoms with Crippen molar-refractivity contribution < 1.29 is 9.26 Å². The van der Waals surface area contributed by atoms with Crippen molar-refractivity contribution in [2.75, 3.05) is 20.3 Å². The Balaban J connectivity index is 2.22. The maximum Gasteiger partial charge on any atom is 0.227 e. The fourth-order valence-corrected chi connectivity index (χ4v) is 1.34. The third-order valence-corrected chi connectivity index (χ3v) is 2.15. The summed E-state index contributed by atoms with van der Waals surface area (Å²) in [6.45, 7) is 5.84. The Morgan fingerprint density at radius 2 is 2.19 bits per heavy atom. The van der Waals surface area contributed by atoms with E-state index in [0.717, 1.165) is 38.2 Å². The summed E-state index contributed by atoms with van der Waals surface area (Å²) in [6.07, 6.45) is 2.53. The van der Waals surface area contributed by atoms with Gasteiger partial charge in [0.1, 0.15) is 0 Å². The molecule has 0 bridgehead atoms. The molecule has 0 spiro atoms. The number of aromatic nitrogens is 2. The summed E-state index contributed by atoms with van der Waals surface area (Å²) in [5.74, 6) is 1.48. The molecule has 0 saturated heterocycles. The molecule has 1 N–H and O–H groups in total. The van der Waals surface area contributed by atoms with E-state index in [-0.39, 0.29) is 0 Å². The molecule has 5 heteroatoms. The van der Waals surface area contributed by atoms with Crippen LogP contribution in [0.5, 0.6) is 0 Å². The molecule has 0 aliphatic heterocycles. The van der Waals surface area contributed by atoms with Gasteiger partial charge in [-0.2, -0.15) is 4.98 Å². The largest absolute Gasteiger partial charge is 0.385 e. The van der Waals surface area contributed by atoms with Gasteiger partial charge in [-0.05, 0) is 6.42 Å². The summed E-state index contributed by atoms with van der Waals surface area (Å²) in [4.78, 5) is 4.31. The normalized spacial score (nSPS) is 11.2. The summed E-state index contributed by atoms with van der Waals surface area (Å²) >= 11 is 0. The number of methoxy groups -OCH3 is 1. The van der Waals surface area contributed by atoms with Gasteiger partial charge < -0.3 is 14.6 Å². The molecule has 0 aliphatic carbocycles. The Morgan fingerprint density at radius 1 is 1.38 bits per heavy atom. The summed E-state index contributed by atoms with van der Waals surface area (Å²) in [7, 11) is 1.69. The van der Waals surface area contributed by atoms with E-state index in [4.69, 9.17) is 9.26 Å². The lowest BCUT2D eigenvalue weighted by Crippen LogP contribution is -2.25. The summed E-state index contributed by atoms with van der Waals surface area (Å²) < 4.78 is 10.1. The lowest BCUT2D eigenvalue weighted by molar-refractivity contribution is 0.194. The Labute approximate surface area is 96.6 Å².